The third kappa shape index (κ3) is 5.06. The summed E-state index contributed by atoms with van der Waals surface area (Å²) >= 11 is 0. The van der Waals surface area contributed by atoms with E-state index in [1.165, 1.54) is 6.07 Å². The van der Waals surface area contributed by atoms with Crippen LogP contribution < -0.4 is 5.32 Å². The molecule has 0 aliphatic carbocycles. The molecule has 0 spiro atoms. The summed E-state index contributed by atoms with van der Waals surface area (Å²) in [5, 5.41) is 12.0. The van der Waals surface area contributed by atoms with E-state index < -0.39 is 5.97 Å². The fourth-order valence-electron chi connectivity index (χ4n) is 3.42. The molecule has 6 heteroatoms. The second-order valence-electron chi connectivity index (χ2n) is 6.82. The van der Waals surface area contributed by atoms with Gasteiger partial charge in [-0.3, -0.25) is 4.79 Å². The molecule has 1 aliphatic heterocycles. The summed E-state index contributed by atoms with van der Waals surface area (Å²) in [6.07, 6.45) is 1.40. The fraction of sp³-hybridized carbons (Fsp3) is 0.333. The molecule has 0 fully saturated rings. The van der Waals surface area contributed by atoms with Gasteiger partial charge < -0.3 is 15.3 Å². The minimum Gasteiger partial charge on any atom is -0.481 e. The van der Waals surface area contributed by atoms with E-state index in [1.54, 1.807) is 11.0 Å². The summed E-state index contributed by atoms with van der Waals surface area (Å²) in [5.41, 5.74) is 2.54. The maximum Gasteiger partial charge on any atom is 0.317 e. The number of benzene rings is 2. The lowest BCUT2D eigenvalue weighted by Gasteiger charge is -2.31. The summed E-state index contributed by atoms with van der Waals surface area (Å²) in [6, 6.07) is 14.1. The largest absolute Gasteiger partial charge is 0.481 e. The SMILES string of the molecule is O=C(O)CCC(Cc1ccccc1)NC(=O)N1CCc2c(F)cccc2C1. The van der Waals surface area contributed by atoms with Crippen molar-refractivity contribution in [3.63, 3.8) is 0 Å². The number of rotatable bonds is 6. The van der Waals surface area contributed by atoms with Crippen LogP contribution in [0.1, 0.15) is 29.5 Å². The molecule has 3 rings (SSSR count). The van der Waals surface area contributed by atoms with Crippen LogP contribution in [0.4, 0.5) is 9.18 Å². The number of carboxylic acid groups (broad SMARTS) is 1. The zero-order valence-corrected chi connectivity index (χ0v) is 15.0. The number of carboxylic acids is 1. The van der Waals surface area contributed by atoms with Gasteiger partial charge in [0.25, 0.3) is 0 Å². The van der Waals surface area contributed by atoms with Crippen molar-refractivity contribution in [3.05, 3.63) is 71.0 Å². The molecule has 2 aromatic rings. The number of nitrogens with zero attached hydrogens (tertiary/aromatic N) is 1. The Labute approximate surface area is 157 Å². The Morgan fingerprint density at radius 2 is 1.93 bits per heavy atom. The Balaban J connectivity index is 1.65. The van der Waals surface area contributed by atoms with Gasteiger partial charge in [0.15, 0.2) is 0 Å². The van der Waals surface area contributed by atoms with Crippen molar-refractivity contribution < 1.29 is 19.1 Å². The zero-order chi connectivity index (χ0) is 19.2. The van der Waals surface area contributed by atoms with Gasteiger partial charge in [-0.25, -0.2) is 9.18 Å². The van der Waals surface area contributed by atoms with Gasteiger partial charge in [-0.05, 0) is 42.0 Å². The summed E-state index contributed by atoms with van der Waals surface area (Å²) in [5.74, 6) is -1.11. The standard InChI is InChI=1S/C21H23FN2O3/c22-19-8-4-7-16-14-24(12-11-18(16)19)21(27)23-17(9-10-20(25)26)13-15-5-2-1-3-6-15/h1-8,17H,9-14H2,(H,23,27)(H,25,26). The number of fused-ring (bicyclic) bond motifs is 1. The minimum absolute atomic E-state index is 0.00811. The fourth-order valence-corrected chi connectivity index (χ4v) is 3.42. The van der Waals surface area contributed by atoms with Gasteiger partial charge in [-0.1, -0.05) is 42.5 Å². The molecule has 2 aromatic carbocycles. The lowest BCUT2D eigenvalue weighted by atomic mass is 9.99. The summed E-state index contributed by atoms with van der Waals surface area (Å²) < 4.78 is 13.9. The Bertz CT molecular complexity index is 810. The van der Waals surface area contributed by atoms with Crippen molar-refractivity contribution in [2.24, 2.45) is 0 Å². The Morgan fingerprint density at radius 1 is 1.15 bits per heavy atom. The van der Waals surface area contributed by atoms with Gasteiger partial charge in [0.05, 0.1) is 0 Å². The molecule has 0 saturated carbocycles. The predicted octanol–water partition coefficient (Wildman–Crippen LogP) is 3.37. The third-order valence-electron chi connectivity index (χ3n) is 4.86. The predicted molar refractivity (Wildman–Crippen MR) is 99.8 cm³/mol. The van der Waals surface area contributed by atoms with E-state index in [1.807, 2.05) is 36.4 Å². The first-order valence-corrected chi connectivity index (χ1v) is 9.10. The molecule has 1 atom stereocenters. The van der Waals surface area contributed by atoms with E-state index in [4.69, 9.17) is 5.11 Å². The van der Waals surface area contributed by atoms with Crippen LogP contribution in [0.25, 0.3) is 0 Å². The highest BCUT2D eigenvalue weighted by Gasteiger charge is 2.24. The molecule has 0 radical (unpaired) electrons. The van der Waals surface area contributed by atoms with E-state index in [0.717, 1.165) is 11.1 Å². The molecule has 142 valence electrons. The van der Waals surface area contributed by atoms with Gasteiger partial charge in [0.1, 0.15) is 5.82 Å². The lowest BCUT2D eigenvalue weighted by Crippen LogP contribution is -2.47. The van der Waals surface area contributed by atoms with Crippen molar-refractivity contribution in [2.75, 3.05) is 6.54 Å². The molecule has 2 N–H and O–H groups in total. The average molecular weight is 370 g/mol. The van der Waals surface area contributed by atoms with Crippen LogP contribution in [0, 0.1) is 5.82 Å². The van der Waals surface area contributed by atoms with Crippen molar-refractivity contribution in [1.29, 1.82) is 0 Å². The highest BCUT2D eigenvalue weighted by atomic mass is 19.1. The van der Waals surface area contributed by atoms with Crippen LogP contribution in [0.2, 0.25) is 0 Å². The molecule has 27 heavy (non-hydrogen) atoms. The van der Waals surface area contributed by atoms with Crippen molar-refractivity contribution in [3.8, 4) is 0 Å². The summed E-state index contributed by atoms with van der Waals surface area (Å²) in [7, 11) is 0. The van der Waals surface area contributed by atoms with E-state index in [9.17, 15) is 14.0 Å². The lowest BCUT2D eigenvalue weighted by molar-refractivity contribution is -0.137. The molecule has 0 aromatic heterocycles. The van der Waals surface area contributed by atoms with Crippen molar-refractivity contribution >= 4 is 12.0 Å². The Morgan fingerprint density at radius 3 is 2.67 bits per heavy atom. The molecule has 1 heterocycles. The van der Waals surface area contributed by atoms with Crippen LogP contribution >= 0.6 is 0 Å². The zero-order valence-electron chi connectivity index (χ0n) is 15.0. The topological polar surface area (TPSA) is 69.6 Å². The second-order valence-corrected chi connectivity index (χ2v) is 6.82. The molecule has 0 bridgehead atoms. The number of carbonyl (C=O) groups is 2. The van der Waals surface area contributed by atoms with Crippen LogP contribution in [0.15, 0.2) is 48.5 Å². The van der Waals surface area contributed by atoms with Crippen LogP contribution in [-0.2, 0) is 24.2 Å². The van der Waals surface area contributed by atoms with Crippen molar-refractivity contribution in [1.82, 2.24) is 10.2 Å². The first-order valence-electron chi connectivity index (χ1n) is 9.10. The molecule has 5 nitrogen and oxygen atoms in total. The maximum absolute atomic E-state index is 13.9. The monoisotopic (exact) mass is 370 g/mol. The number of aliphatic carboxylic acids is 1. The summed E-state index contributed by atoms with van der Waals surface area (Å²) in [4.78, 5) is 25.3. The number of amides is 2. The van der Waals surface area contributed by atoms with Gasteiger partial charge in [0, 0.05) is 25.6 Å². The molecule has 0 saturated heterocycles. The quantitative estimate of drug-likeness (QED) is 0.819. The molecule has 2 amide bonds. The van der Waals surface area contributed by atoms with Gasteiger partial charge in [0.2, 0.25) is 0 Å². The number of urea groups is 1. The molecular weight excluding hydrogens is 347 g/mol. The number of nitrogens with one attached hydrogen (secondary N) is 1. The van der Waals surface area contributed by atoms with E-state index in [-0.39, 0.29) is 24.3 Å². The molecule has 1 aliphatic rings. The van der Waals surface area contributed by atoms with E-state index in [2.05, 4.69) is 5.32 Å². The van der Waals surface area contributed by atoms with Gasteiger partial charge in [-0.15, -0.1) is 0 Å². The van der Waals surface area contributed by atoms with Gasteiger partial charge >= 0.3 is 12.0 Å². The Hall–Kier alpha value is -2.89. The number of hydrogen-bond acceptors (Lipinski definition) is 2. The first kappa shape index (κ1) is 18.9. The highest BCUT2D eigenvalue weighted by molar-refractivity contribution is 5.75. The molecule has 1 unspecified atom stereocenters. The van der Waals surface area contributed by atoms with E-state index >= 15 is 0 Å². The van der Waals surface area contributed by atoms with Crippen LogP contribution in [0.5, 0.6) is 0 Å². The Kier molecular flexibility index (Phi) is 6.06. The number of carbonyl (C=O) groups excluding carboxylic acids is 1. The van der Waals surface area contributed by atoms with E-state index in [0.29, 0.717) is 37.9 Å². The maximum atomic E-state index is 13.9. The van der Waals surface area contributed by atoms with Gasteiger partial charge in [-0.2, -0.15) is 0 Å². The summed E-state index contributed by atoms with van der Waals surface area (Å²) in [6.45, 7) is 0.798. The minimum atomic E-state index is -0.885. The normalized spacial score (nSPS) is 14.3. The number of hydrogen-bond donors (Lipinski definition) is 2. The third-order valence-corrected chi connectivity index (χ3v) is 4.86. The van der Waals surface area contributed by atoms with Crippen molar-refractivity contribution in [2.45, 2.75) is 38.3 Å². The van der Waals surface area contributed by atoms with Crippen LogP contribution in [0.3, 0.4) is 0 Å². The number of halogens is 1. The first-order chi connectivity index (χ1) is 13.0. The van der Waals surface area contributed by atoms with Crippen LogP contribution in [-0.4, -0.2) is 34.6 Å². The second kappa shape index (κ2) is 8.66. The highest BCUT2D eigenvalue weighted by Crippen LogP contribution is 2.21. The average Bonchev–Trinajstić information content (AvgIpc) is 2.67. The smallest absolute Gasteiger partial charge is 0.317 e. The molecular formula is C21H23FN2O3.